The highest BCUT2D eigenvalue weighted by Crippen LogP contribution is 2.19. The molecule has 1 aromatic carbocycles. The summed E-state index contributed by atoms with van der Waals surface area (Å²) in [6.45, 7) is 0. The number of nitro benzene ring substituents is 1. The molecule has 5 nitrogen and oxygen atoms in total. The lowest BCUT2D eigenvalue weighted by atomic mass is 10.3. The first-order chi connectivity index (χ1) is 8.66. The van der Waals surface area contributed by atoms with Crippen LogP contribution in [0.15, 0.2) is 53.7 Å². The van der Waals surface area contributed by atoms with Crippen molar-refractivity contribution in [2.45, 2.75) is 0 Å². The Morgan fingerprint density at radius 2 is 1.94 bits per heavy atom. The first kappa shape index (κ1) is 12.2. The number of nitro groups is 1. The Morgan fingerprint density at radius 1 is 1.22 bits per heavy atom. The lowest BCUT2D eigenvalue weighted by molar-refractivity contribution is -0.384. The largest absolute Gasteiger partial charge is 0.269 e. The summed E-state index contributed by atoms with van der Waals surface area (Å²) in [5, 5.41) is 10.7. The SMILES string of the molecule is O=[N+]([O-])c1ccc(N=C(Cl)c2ccccn2)cc1. The van der Waals surface area contributed by atoms with Crippen molar-refractivity contribution in [3.8, 4) is 0 Å². The predicted octanol–water partition coefficient (Wildman–Crippen LogP) is 3.31. The third-order valence-electron chi connectivity index (χ3n) is 2.16. The van der Waals surface area contributed by atoms with E-state index in [9.17, 15) is 10.1 Å². The van der Waals surface area contributed by atoms with Gasteiger partial charge in [0.05, 0.1) is 10.6 Å². The third-order valence-corrected chi connectivity index (χ3v) is 2.44. The number of non-ortho nitro benzene ring substituents is 1. The topological polar surface area (TPSA) is 68.4 Å². The molecule has 0 radical (unpaired) electrons. The Bertz CT molecular complexity index is 582. The van der Waals surface area contributed by atoms with Gasteiger partial charge in [0.15, 0.2) is 5.17 Å². The van der Waals surface area contributed by atoms with Crippen molar-refractivity contribution < 1.29 is 4.92 Å². The highest BCUT2D eigenvalue weighted by molar-refractivity contribution is 6.69. The molecule has 2 rings (SSSR count). The summed E-state index contributed by atoms with van der Waals surface area (Å²) in [5.74, 6) is 0. The lowest BCUT2D eigenvalue weighted by Gasteiger charge is -1.98. The maximum absolute atomic E-state index is 10.5. The van der Waals surface area contributed by atoms with Crippen molar-refractivity contribution in [1.29, 1.82) is 0 Å². The number of nitrogens with zero attached hydrogens (tertiary/aromatic N) is 3. The van der Waals surface area contributed by atoms with E-state index in [-0.39, 0.29) is 10.9 Å². The van der Waals surface area contributed by atoms with Gasteiger partial charge in [-0.1, -0.05) is 17.7 Å². The molecular weight excluding hydrogens is 254 g/mol. The minimum absolute atomic E-state index is 0.0166. The number of rotatable bonds is 3. The number of hydrogen-bond acceptors (Lipinski definition) is 4. The smallest absolute Gasteiger partial charge is 0.258 e. The molecule has 0 aliphatic carbocycles. The average molecular weight is 262 g/mol. The van der Waals surface area contributed by atoms with Crippen molar-refractivity contribution in [3.63, 3.8) is 0 Å². The molecule has 90 valence electrons. The van der Waals surface area contributed by atoms with Crippen molar-refractivity contribution in [1.82, 2.24) is 4.98 Å². The Morgan fingerprint density at radius 3 is 2.50 bits per heavy atom. The highest BCUT2D eigenvalue weighted by atomic mass is 35.5. The summed E-state index contributed by atoms with van der Waals surface area (Å²) in [6.07, 6.45) is 1.61. The first-order valence-electron chi connectivity index (χ1n) is 5.07. The Labute approximate surface area is 108 Å². The molecule has 0 saturated heterocycles. The summed E-state index contributed by atoms with van der Waals surface area (Å²) >= 11 is 6.00. The van der Waals surface area contributed by atoms with Crippen LogP contribution in [0, 0.1) is 10.1 Å². The quantitative estimate of drug-likeness (QED) is 0.483. The molecule has 0 N–H and O–H groups in total. The molecule has 1 heterocycles. The molecule has 0 amide bonds. The molecule has 0 saturated carbocycles. The van der Waals surface area contributed by atoms with Crippen LogP contribution >= 0.6 is 11.6 Å². The van der Waals surface area contributed by atoms with Crippen LogP contribution in [0.3, 0.4) is 0 Å². The normalized spacial score (nSPS) is 11.3. The van der Waals surface area contributed by atoms with E-state index in [0.29, 0.717) is 11.4 Å². The van der Waals surface area contributed by atoms with Crippen molar-refractivity contribution in [2.75, 3.05) is 0 Å². The van der Waals surface area contributed by atoms with Gasteiger partial charge in [-0.2, -0.15) is 0 Å². The summed E-state index contributed by atoms with van der Waals surface area (Å²) in [5.41, 5.74) is 1.11. The molecule has 6 heteroatoms. The molecule has 0 bridgehead atoms. The highest BCUT2D eigenvalue weighted by Gasteiger charge is 2.05. The lowest BCUT2D eigenvalue weighted by Crippen LogP contribution is -1.93. The average Bonchev–Trinajstić information content (AvgIpc) is 2.40. The summed E-state index contributed by atoms with van der Waals surface area (Å²) < 4.78 is 0. The molecule has 0 aliphatic heterocycles. The molecule has 0 atom stereocenters. The van der Waals surface area contributed by atoms with Crippen LogP contribution < -0.4 is 0 Å². The number of halogens is 1. The van der Waals surface area contributed by atoms with E-state index < -0.39 is 4.92 Å². The van der Waals surface area contributed by atoms with Crippen molar-refractivity contribution >= 4 is 28.1 Å². The van der Waals surface area contributed by atoms with E-state index in [1.807, 2.05) is 0 Å². The number of benzene rings is 1. The fraction of sp³-hybridized carbons (Fsp3) is 0. The second-order valence-electron chi connectivity index (χ2n) is 3.39. The van der Waals surface area contributed by atoms with Crippen LogP contribution in [0.5, 0.6) is 0 Å². The molecule has 0 unspecified atom stereocenters. The zero-order valence-electron chi connectivity index (χ0n) is 9.15. The van der Waals surface area contributed by atoms with Gasteiger partial charge in [-0.05, 0) is 24.3 Å². The van der Waals surface area contributed by atoms with Crippen molar-refractivity contribution in [2.24, 2.45) is 4.99 Å². The number of hydrogen-bond donors (Lipinski definition) is 0. The minimum atomic E-state index is -0.464. The van der Waals surface area contributed by atoms with Gasteiger partial charge in [0, 0.05) is 18.3 Å². The van der Waals surface area contributed by atoms with Crippen LogP contribution in [0.4, 0.5) is 11.4 Å². The maximum Gasteiger partial charge on any atom is 0.269 e. The van der Waals surface area contributed by atoms with Gasteiger partial charge in [0.2, 0.25) is 0 Å². The third kappa shape index (κ3) is 2.89. The van der Waals surface area contributed by atoms with Crippen LogP contribution in [0.25, 0.3) is 0 Å². The number of aliphatic imine (C=N–C) groups is 1. The Hall–Kier alpha value is -2.27. The predicted molar refractivity (Wildman–Crippen MR) is 69.4 cm³/mol. The molecule has 0 fully saturated rings. The number of aromatic nitrogens is 1. The van der Waals surface area contributed by atoms with Crippen molar-refractivity contribution in [3.05, 3.63) is 64.5 Å². The van der Waals surface area contributed by atoms with Crippen LogP contribution in [-0.2, 0) is 0 Å². The first-order valence-corrected chi connectivity index (χ1v) is 5.44. The summed E-state index contributed by atoms with van der Waals surface area (Å²) in [6, 6.07) is 11.1. The van der Waals surface area contributed by atoms with Gasteiger partial charge in [0.25, 0.3) is 5.69 Å². The zero-order chi connectivity index (χ0) is 13.0. The van der Waals surface area contributed by atoms with Gasteiger partial charge in [-0.25, -0.2) is 4.99 Å². The van der Waals surface area contributed by atoms with E-state index in [1.165, 1.54) is 24.3 Å². The van der Waals surface area contributed by atoms with Crippen LogP contribution in [-0.4, -0.2) is 15.1 Å². The fourth-order valence-electron chi connectivity index (χ4n) is 1.30. The van der Waals surface area contributed by atoms with Crippen LogP contribution in [0.2, 0.25) is 0 Å². The molecule has 2 aromatic rings. The van der Waals surface area contributed by atoms with Crippen LogP contribution in [0.1, 0.15) is 5.69 Å². The minimum Gasteiger partial charge on any atom is -0.258 e. The number of pyridine rings is 1. The summed E-state index contributed by atoms with van der Waals surface area (Å²) in [7, 11) is 0. The Kier molecular flexibility index (Phi) is 3.64. The monoisotopic (exact) mass is 261 g/mol. The maximum atomic E-state index is 10.5. The second kappa shape index (κ2) is 5.37. The van der Waals surface area contributed by atoms with Gasteiger partial charge in [0.1, 0.15) is 5.69 Å². The standard InChI is InChI=1S/C12H8ClN3O2/c13-12(11-3-1-2-8-14-11)15-9-4-6-10(7-5-9)16(17)18/h1-8H. The van der Waals surface area contributed by atoms with Gasteiger partial charge in [-0.15, -0.1) is 0 Å². The Balaban J connectivity index is 2.25. The molecule has 18 heavy (non-hydrogen) atoms. The van der Waals surface area contributed by atoms with E-state index >= 15 is 0 Å². The van der Waals surface area contributed by atoms with Gasteiger partial charge < -0.3 is 0 Å². The van der Waals surface area contributed by atoms with Gasteiger partial charge >= 0.3 is 0 Å². The van der Waals surface area contributed by atoms with E-state index in [0.717, 1.165) is 0 Å². The molecular formula is C12H8ClN3O2. The summed E-state index contributed by atoms with van der Waals surface area (Å²) in [4.78, 5) is 18.2. The van der Waals surface area contributed by atoms with Gasteiger partial charge in [-0.3, -0.25) is 15.1 Å². The molecule has 0 aliphatic rings. The van der Waals surface area contributed by atoms with E-state index in [4.69, 9.17) is 11.6 Å². The van der Waals surface area contributed by atoms with E-state index in [1.54, 1.807) is 24.4 Å². The zero-order valence-corrected chi connectivity index (χ0v) is 9.91. The van der Waals surface area contributed by atoms with E-state index in [2.05, 4.69) is 9.98 Å². The molecule has 1 aromatic heterocycles. The molecule has 0 spiro atoms. The second-order valence-corrected chi connectivity index (χ2v) is 3.75. The fourth-order valence-corrected chi connectivity index (χ4v) is 1.51.